The van der Waals surface area contributed by atoms with E-state index in [4.69, 9.17) is 14.2 Å². The molecule has 0 radical (unpaired) electrons. The number of methoxy groups -OCH3 is 1. The molecule has 2 heterocycles. The molecule has 2 aromatic rings. The Bertz CT molecular complexity index is 1010. The highest BCUT2D eigenvalue weighted by atomic mass is 16.5. The lowest BCUT2D eigenvalue weighted by molar-refractivity contribution is -0.134. The van der Waals surface area contributed by atoms with Gasteiger partial charge in [0.25, 0.3) is 11.8 Å². The maximum atomic E-state index is 13.0. The third kappa shape index (κ3) is 6.62. The monoisotopic (exact) mass is 495 g/mol. The molecular formula is C28H37N3O5. The molecule has 2 fully saturated rings. The van der Waals surface area contributed by atoms with Crippen molar-refractivity contribution < 1.29 is 23.8 Å². The number of anilines is 1. The van der Waals surface area contributed by atoms with Crippen LogP contribution in [0.2, 0.25) is 0 Å². The second-order valence-corrected chi connectivity index (χ2v) is 9.26. The molecule has 2 aromatic carbocycles. The number of nitrogens with one attached hydrogen (secondary N) is 1. The Morgan fingerprint density at radius 2 is 1.64 bits per heavy atom. The number of piperidine rings is 2. The van der Waals surface area contributed by atoms with Gasteiger partial charge in [-0.05, 0) is 81.5 Å². The number of carbonyl (C=O) groups excluding carboxylic acids is 2. The van der Waals surface area contributed by atoms with Crippen molar-refractivity contribution in [1.29, 1.82) is 0 Å². The summed E-state index contributed by atoms with van der Waals surface area (Å²) in [6.45, 7) is 5.62. The van der Waals surface area contributed by atoms with E-state index in [0.717, 1.165) is 63.3 Å². The lowest BCUT2D eigenvalue weighted by Crippen LogP contribution is -2.44. The van der Waals surface area contributed by atoms with Gasteiger partial charge >= 0.3 is 0 Å². The van der Waals surface area contributed by atoms with Gasteiger partial charge in [-0.15, -0.1) is 0 Å². The smallest absolute Gasteiger partial charge is 0.260 e. The summed E-state index contributed by atoms with van der Waals surface area (Å²) in [5.74, 6) is 1.66. The lowest BCUT2D eigenvalue weighted by atomic mass is 10.0. The number of amides is 2. The van der Waals surface area contributed by atoms with E-state index in [-0.39, 0.29) is 24.5 Å². The molecular weight excluding hydrogens is 458 g/mol. The topological polar surface area (TPSA) is 80.3 Å². The van der Waals surface area contributed by atoms with Crippen molar-refractivity contribution in [3.05, 3.63) is 48.0 Å². The van der Waals surface area contributed by atoms with Crippen LogP contribution >= 0.6 is 0 Å². The predicted molar refractivity (Wildman–Crippen MR) is 139 cm³/mol. The lowest BCUT2D eigenvalue weighted by Gasteiger charge is -2.34. The molecule has 0 saturated carbocycles. The Hall–Kier alpha value is -3.42. The van der Waals surface area contributed by atoms with Gasteiger partial charge in [0.15, 0.2) is 18.1 Å². The number of likely N-dealkylation sites (tertiary alicyclic amines) is 1. The first-order valence-electron chi connectivity index (χ1n) is 12.9. The van der Waals surface area contributed by atoms with Gasteiger partial charge in [0.05, 0.1) is 13.7 Å². The summed E-state index contributed by atoms with van der Waals surface area (Å²) < 4.78 is 16.8. The predicted octanol–water partition coefficient (Wildman–Crippen LogP) is 3.88. The van der Waals surface area contributed by atoms with Crippen LogP contribution in [0.5, 0.6) is 17.2 Å². The van der Waals surface area contributed by atoms with E-state index in [1.165, 1.54) is 6.42 Å². The first-order chi connectivity index (χ1) is 17.6. The third-order valence-corrected chi connectivity index (χ3v) is 6.83. The van der Waals surface area contributed by atoms with Crippen LogP contribution in [0.25, 0.3) is 0 Å². The zero-order valence-corrected chi connectivity index (χ0v) is 21.3. The summed E-state index contributed by atoms with van der Waals surface area (Å²) in [4.78, 5) is 29.6. The number of benzene rings is 2. The van der Waals surface area contributed by atoms with Crippen LogP contribution in [0.3, 0.4) is 0 Å². The van der Waals surface area contributed by atoms with Gasteiger partial charge in [-0.1, -0.05) is 0 Å². The summed E-state index contributed by atoms with van der Waals surface area (Å²) in [6.07, 6.45) is 5.00. The fourth-order valence-electron chi connectivity index (χ4n) is 4.75. The third-order valence-electron chi connectivity index (χ3n) is 6.83. The van der Waals surface area contributed by atoms with Gasteiger partial charge in [0.2, 0.25) is 0 Å². The van der Waals surface area contributed by atoms with Gasteiger partial charge in [0.1, 0.15) is 5.75 Å². The summed E-state index contributed by atoms with van der Waals surface area (Å²) in [5, 5.41) is 3.16. The average molecular weight is 496 g/mol. The number of hydrogen-bond donors (Lipinski definition) is 1. The molecule has 0 bridgehead atoms. The molecule has 1 N–H and O–H groups in total. The minimum atomic E-state index is -0.130. The maximum Gasteiger partial charge on any atom is 0.260 e. The molecule has 2 aliphatic heterocycles. The largest absolute Gasteiger partial charge is 0.497 e. The number of hydrogen-bond acceptors (Lipinski definition) is 6. The van der Waals surface area contributed by atoms with Gasteiger partial charge < -0.3 is 29.3 Å². The SMILES string of the molecule is CCOc1cc(C(=O)NC2CCN(c3ccc(OC)cc3)CC2)ccc1OCC(=O)N1CCCCC1. The number of nitrogens with zero attached hydrogens (tertiary/aromatic N) is 2. The van der Waals surface area contributed by atoms with Crippen LogP contribution in [0, 0.1) is 0 Å². The molecule has 0 spiro atoms. The Morgan fingerprint density at radius 1 is 0.917 bits per heavy atom. The van der Waals surface area contributed by atoms with E-state index < -0.39 is 0 Å². The molecule has 194 valence electrons. The van der Waals surface area contributed by atoms with Crippen molar-refractivity contribution in [2.45, 2.75) is 45.1 Å². The number of ether oxygens (including phenoxy) is 3. The normalized spacial score (nSPS) is 16.4. The van der Waals surface area contributed by atoms with E-state index in [0.29, 0.717) is 23.7 Å². The molecule has 8 heteroatoms. The molecule has 2 saturated heterocycles. The molecule has 2 amide bonds. The van der Waals surface area contributed by atoms with Crippen LogP contribution in [0.4, 0.5) is 5.69 Å². The molecule has 0 aromatic heterocycles. The number of rotatable bonds is 9. The van der Waals surface area contributed by atoms with Crippen LogP contribution < -0.4 is 24.4 Å². The van der Waals surface area contributed by atoms with E-state index in [1.54, 1.807) is 25.3 Å². The minimum absolute atomic E-state index is 0.0139. The summed E-state index contributed by atoms with van der Waals surface area (Å²) in [7, 11) is 1.67. The molecule has 0 atom stereocenters. The zero-order valence-electron chi connectivity index (χ0n) is 21.3. The fraction of sp³-hybridized carbons (Fsp3) is 0.500. The van der Waals surface area contributed by atoms with E-state index in [2.05, 4.69) is 22.3 Å². The quantitative estimate of drug-likeness (QED) is 0.569. The molecule has 8 nitrogen and oxygen atoms in total. The van der Waals surface area contributed by atoms with Gasteiger partial charge in [0, 0.05) is 43.5 Å². The first kappa shape index (κ1) is 25.7. The fourth-order valence-corrected chi connectivity index (χ4v) is 4.75. The van der Waals surface area contributed by atoms with E-state index in [1.807, 2.05) is 24.0 Å². The zero-order chi connectivity index (χ0) is 25.3. The van der Waals surface area contributed by atoms with Crippen molar-refractivity contribution in [2.24, 2.45) is 0 Å². The second kappa shape index (κ2) is 12.5. The van der Waals surface area contributed by atoms with E-state index >= 15 is 0 Å². The highest BCUT2D eigenvalue weighted by Gasteiger charge is 2.23. The number of carbonyl (C=O) groups is 2. The maximum absolute atomic E-state index is 13.0. The average Bonchev–Trinajstić information content (AvgIpc) is 2.93. The van der Waals surface area contributed by atoms with Crippen molar-refractivity contribution in [3.8, 4) is 17.2 Å². The second-order valence-electron chi connectivity index (χ2n) is 9.26. The van der Waals surface area contributed by atoms with Crippen molar-refractivity contribution in [2.75, 3.05) is 51.4 Å². The van der Waals surface area contributed by atoms with Gasteiger partial charge in [-0.2, -0.15) is 0 Å². The Balaban J connectivity index is 1.30. The van der Waals surface area contributed by atoms with Crippen molar-refractivity contribution in [3.63, 3.8) is 0 Å². The van der Waals surface area contributed by atoms with Crippen LogP contribution in [-0.4, -0.2) is 69.3 Å². The minimum Gasteiger partial charge on any atom is -0.497 e. The highest BCUT2D eigenvalue weighted by Crippen LogP contribution is 2.29. The Labute approximate surface area is 213 Å². The highest BCUT2D eigenvalue weighted by molar-refractivity contribution is 5.95. The summed E-state index contributed by atoms with van der Waals surface area (Å²) in [5.41, 5.74) is 1.68. The van der Waals surface area contributed by atoms with Gasteiger partial charge in [-0.25, -0.2) is 0 Å². The van der Waals surface area contributed by atoms with Crippen LogP contribution in [0.1, 0.15) is 49.4 Å². The molecule has 2 aliphatic rings. The standard InChI is InChI=1S/C28H37N3O5/c1-3-35-26-19-21(7-12-25(26)36-20-27(32)31-15-5-4-6-16-31)28(33)29-22-13-17-30(18-14-22)23-8-10-24(34-2)11-9-23/h7-12,19,22H,3-6,13-18,20H2,1-2H3,(H,29,33). The summed E-state index contributed by atoms with van der Waals surface area (Å²) in [6, 6.07) is 13.3. The van der Waals surface area contributed by atoms with Crippen LogP contribution in [-0.2, 0) is 4.79 Å². The molecule has 36 heavy (non-hydrogen) atoms. The Morgan fingerprint density at radius 3 is 2.31 bits per heavy atom. The molecule has 0 aliphatic carbocycles. The van der Waals surface area contributed by atoms with Gasteiger partial charge in [-0.3, -0.25) is 9.59 Å². The van der Waals surface area contributed by atoms with E-state index in [9.17, 15) is 9.59 Å². The van der Waals surface area contributed by atoms with Crippen LogP contribution in [0.15, 0.2) is 42.5 Å². The van der Waals surface area contributed by atoms with Crippen molar-refractivity contribution >= 4 is 17.5 Å². The summed E-state index contributed by atoms with van der Waals surface area (Å²) >= 11 is 0. The molecule has 0 unspecified atom stereocenters. The molecule has 4 rings (SSSR count). The first-order valence-corrected chi connectivity index (χ1v) is 12.9. The van der Waals surface area contributed by atoms with Crippen molar-refractivity contribution in [1.82, 2.24) is 10.2 Å². The Kier molecular flexibility index (Phi) is 8.92.